The molecule has 7 heteroatoms. The Morgan fingerprint density at radius 3 is 2.33 bits per heavy atom. The lowest BCUT2D eigenvalue weighted by molar-refractivity contribution is -0.137. The van der Waals surface area contributed by atoms with E-state index in [-0.39, 0.29) is 10.8 Å². The third-order valence-electron chi connectivity index (χ3n) is 2.96. The minimum absolute atomic E-state index is 0.0805. The number of halogens is 3. The summed E-state index contributed by atoms with van der Waals surface area (Å²) >= 11 is 0. The summed E-state index contributed by atoms with van der Waals surface area (Å²) in [5.74, 6) is -0.0805. The van der Waals surface area contributed by atoms with Crippen molar-refractivity contribution in [2.45, 2.75) is 18.1 Å². The molecule has 0 radical (unpaired) electrons. The summed E-state index contributed by atoms with van der Waals surface area (Å²) in [6.07, 6.45) is -3.16. The summed E-state index contributed by atoms with van der Waals surface area (Å²) in [5.41, 5.74) is -0.000759. The zero-order chi connectivity index (χ0) is 15.7. The Hall–Kier alpha value is -1.89. The zero-order valence-corrected chi connectivity index (χ0v) is 11.9. The molecule has 0 aliphatic rings. The number of rotatable bonds is 3. The Morgan fingerprint density at radius 2 is 1.81 bits per heavy atom. The molecule has 0 amide bonds. The van der Waals surface area contributed by atoms with Crippen LogP contribution < -0.4 is 0 Å². The molecule has 0 N–H and O–H groups in total. The highest BCUT2D eigenvalue weighted by atomic mass is 32.2. The summed E-state index contributed by atoms with van der Waals surface area (Å²) in [7, 11) is -3.42. The van der Waals surface area contributed by atoms with Crippen LogP contribution in [-0.4, -0.2) is 19.2 Å². The fourth-order valence-electron chi connectivity index (χ4n) is 1.76. The van der Waals surface area contributed by atoms with Crippen LogP contribution in [0.3, 0.4) is 0 Å². The van der Waals surface area contributed by atoms with Gasteiger partial charge in [0.25, 0.3) is 0 Å². The van der Waals surface area contributed by atoms with Crippen molar-refractivity contribution < 1.29 is 21.6 Å². The van der Waals surface area contributed by atoms with Crippen molar-refractivity contribution in [1.29, 1.82) is 0 Å². The second kappa shape index (κ2) is 5.48. The van der Waals surface area contributed by atoms with Crippen molar-refractivity contribution >= 4 is 9.84 Å². The van der Waals surface area contributed by atoms with Crippen molar-refractivity contribution in [2.24, 2.45) is 0 Å². The molecule has 0 saturated carbocycles. The molecule has 0 unspecified atom stereocenters. The van der Waals surface area contributed by atoms with Gasteiger partial charge in [-0.05, 0) is 29.8 Å². The van der Waals surface area contributed by atoms with Gasteiger partial charge in [-0.2, -0.15) is 13.2 Å². The number of hydrogen-bond donors (Lipinski definition) is 0. The highest BCUT2D eigenvalue weighted by Gasteiger charge is 2.30. The van der Waals surface area contributed by atoms with Crippen LogP contribution in [0.5, 0.6) is 0 Å². The molecule has 0 bridgehead atoms. The van der Waals surface area contributed by atoms with E-state index in [4.69, 9.17) is 0 Å². The van der Waals surface area contributed by atoms with Crippen LogP contribution in [0.2, 0.25) is 0 Å². The molecule has 21 heavy (non-hydrogen) atoms. The van der Waals surface area contributed by atoms with Gasteiger partial charge in [0.15, 0.2) is 14.9 Å². The first-order valence-electron chi connectivity index (χ1n) is 6.10. The van der Waals surface area contributed by atoms with Crippen molar-refractivity contribution in [2.75, 3.05) is 5.75 Å². The summed E-state index contributed by atoms with van der Waals surface area (Å²) in [6.45, 7) is 1.50. The average molecular weight is 315 g/mol. The van der Waals surface area contributed by atoms with Gasteiger partial charge in [0.2, 0.25) is 0 Å². The number of sulfone groups is 1. The van der Waals surface area contributed by atoms with E-state index >= 15 is 0 Å². The Labute approximate surface area is 120 Å². The average Bonchev–Trinajstić information content (AvgIpc) is 2.47. The number of nitrogens with zero attached hydrogens (tertiary/aromatic N) is 1. The lowest BCUT2D eigenvalue weighted by Crippen LogP contribution is -2.06. The first kappa shape index (κ1) is 15.5. The standard InChI is InChI=1S/C14H12F3NO2S/c1-2-21(19,20)13-7-6-11(9-18-13)10-4-3-5-12(8-10)14(15,16)17/h3-9H,2H2,1H3. The molecule has 0 aliphatic carbocycles. The molecule has 1 aromatic carbocycles. The summed E-state index contributed by atoms with van der Waals surface area (Å²) < 4.78 is 61.2. The van der Waals surface area contributed by atoms with E-state index in [1.807, 2.05) is 0 Å². The molecule has 2 rings (SSSR count). The van der Waals surface area contributed by atoms with Crippen LogP contribution in [-0.2, 0) is 16.0 Å². The Kier molecular flexibility index (Phi) is 4.04. The largest absolute Gasteiger partial charge is 0.416 e. The Bertz CT molecular complexity index is 738. The van der Waals surface area contributed by atoms with Gasteiger partial charge in [-0.25, -0.2) is 13.4 Å². The van der Waals surface area contributed by atoms with Gasteiger partial charge in [0.1, 0.15) is 0 Å². The SMILES string of the molecule is CCS(=O)(=O)c1ccc(-c2cccc(C(F)(F)F)c2)cn1. The van der Waals surface area contributed by atoms with Crippen LogP contribution in [0.25, 0.3) is 11.1 Å². The number of hydrogen-bond acceptors (Lipinski definition) is 3. The Balaban J connectivity index is 2.40. The van der Waals surface area contributed by atoms with Gasteiger partial charge < -0.3 is 0 Å². The number of pyridine rings is 1. The highest BCUT2D eigenvalue weighted by Crippen LogP contribution is 2.32. The van der Waals surface area contributed by atoms with Gasteiger partial charge in [0, 0.05) is 11.8 Å². The van der Waals surface area contributed by atoms with Gasteiger partial charge in [-0.3, -0.25) is 0 Å². The van der Waals surface area contributed by atoms with E-state index in [9.17, 15) is 21.6 Å². The van der Waals surface area contributed by atoms with Crippen LogP contribution in [0, 0.1) is 0 Å². The number of alkyl halides is 3. The molecule has 3 nitrogen and oxygen atoms in total. The fourth-order valence-corrected chi connectivity index (χ4v) is 2.54. The maximum Gasteiger partial charge on any atom is 0.416 e. The van der Waals surface area contributed by atoms with E-state index in [1.54, 1.807) is 0 Å². The van der Waals surface area contributed by atoms with E-state index < -0.39 is 21.6 Å². The van der Waals surface area contributed by atoms with Crippen LogP contribution in [0.1, 0.15) is 12.5 Å². The predicted octanol–water partition coefficient (Wildman–Crippen LogP) is 3.56. The van der Waals surface area contributed by atoms with Crippen molar-refractivity contribution in [3.63, 3.8) is 0 Å². The normalized spacial score (nSPS) is 12.4. The van der Waals surface area contributed by atoms with E-state index in [0.717, 1.165) is 12.1 Å². The quantitative estimate of drug-likeness (QED) is 0.870. The van der Waals surface area contributed by atoms with E-state index in [0.29, 0.717) is 11.1 Å². The molecule has 0 saturated heterocycles. The van der Waals surface area contributed by atoms with Crippen LogP contribution >= 0.6 is 0 Å². The lowest BCUT2D eigenvalue weighted by atomic mass is 10.0. The second-order valence-electron chi connectivity index (χ2n) is 4.37. The zero-order valence-electron chi connectivity index (χ0n) is 11.1. The molecule has 112 valence electrons. The van der Waals surface area contributed by atoms with E-state index in [2.05, 4.69) is 4.98 Å². The topological polar surface area (TPSA) is 47.0 Å². The lowest BCUT2D eigenvalue weighted by Gasteiger charge is -2.09. The van der Waals surface area contributed by atoms with Gasteiger partial charge in [-0.1, -0.05) is 19.1 Å². The van der Waals surface area contributed by atoms with Crippen LogP contribution in [0.15, 0.2) is 47.6 Å². The smallest absolute Gasteiger partial charge is 0.244 e. The molecule has 1 aromatic heterocycles. The molecule has 0 spiro atoms. The molecule has 0 fully saturated rings. The van der Waals surface area contributed by atoms with E-state index in [1.165, 1.54) is 37.4 Å². The second-order valence-corrected chi connectivity index (χ2v) is 6.59. The highest BCUT2D eigenvalue weighted by molar-refractivity contribution is 7.91. The summed E-state index contributed by atoms with van der Waals surface area (Å²) in [5, 5.41) is -0.0827. The third kappa shape index (κ3) is 3.41. The first-order chi connectivity index (χ1) is 9.74. The molecule has 0 atom stereocenters. The minimum Gasteiger partial charge on any atom is -0.244 e. The maximum absolute atomic E-state index is 12.7. The molecule has 2 aromatic rings. The van der Waals surface area contributed by atoms with Gasteiger partial charge >= 0.3 is 6.18 Å². The third-order valence-corrected chi connectivity index (χ3v) is 4.60. The molecular weight excluding hydrogens is 303 g/mol. The summed E-state index contributed by atoms with van der Waals surface area (Å²) in [6, 6.07) is 7.55. The van der Waals surface area contributed by atoms with Crippen molar-refractivity contribution in [3.8, 4) is 11.1 Å². The van der Waals surface area contributed by atoms with Gasteiger partial charge in [-0.15, -0.1) is 0 Å². The molecule has 1 heterocycles. The Morgan fingerprint density at radius 1 is 1.10 bits per heavy atom. The monoisotopic (exact) mass is 315 g/mol. The van der Waals surface area contributed by atoms with Gasteiger partial charge in [0.05, 0.1) is 11.3 Å². The van der Waals surface area contributed by atoms with Crippen molar-refractivity contribution in [3.05, 3.63) is 48.2 Å². The first-order valence-corrected chi connectivity index (χ1v) is 7.75. The predicted molar refractivity (Wildman–Crippen MR) is 72.4 cm³/mol. The maximum atomic E-state index is 12.7. The number of aromatic nitrogens is 1. The fraction of sp³-hybridized carbons (Fsp3) is 0.214. The summed E-state index contributed by atoms with van der Waals surface area (Å²) in [4.78, 5) is 3.82. The molecule has 0 aliphatic heterocycles. The van der Waals surface area contributed by atoms with Crippen molar-refractivity contribution in [1.82, 2.24) is 4.98 Å². The number of benzene rings is 1. The minimum atomic E-state index is -4.42. The molecular formula is C14H12F3NO2S. The van der Waals surface area contributed by atoms with Crippen LogP contribution in [0.4, 0.5) is 13.2 Å².